The van der Waals surface area contributed by atoms with Gasteiger partial charge in [-0.1, -0.05) is 43.3 Å². The maximum atomic E-state index is 6.18. The standard InChI is InChI=1S/C19H30O2/c1-6-7-13-18(21-19(3,4)5)16(2)14-20-15-17-11-9-8-10-12-17/h6,8-12,16,18H,1,7,13-15H2,2-5H3/t16-,18-/m1/s1. The van der Waals surface area contributed by atoms with Gasteiger partial charge in [-0.3, -0.25) is 0 Å². The van der Waals surface area contributed by atoms with E-state index in [2.05, 4.69) is 46.4 Å². The maximum Gasteiger partial charge on any atom is 0.0717 e. The second-order valence-corrected chi connectivity index (χ2v) is 6.61. The van der Waals surface area contributed by atoms with Crippen molar-refractivity contribution in [1.82, 2.24) is 0 Å². The third-order valence-corrected chi connectivity index (χ3v) is 3.29. The molecule has 2 atom stereocenters. The van der Waals surface area contributed by atoms with Crippen LogP contribution in [0.15, 0.2) is 43.0 Å². The predicted molar refractivity (Wildman–Crippen MR) is 89.3 cm³/mol. The minimum absolute atomic E-state index is 0.125. The van der Waals surface area contributed by atoms with Crippen molar-refractivity contribution in [2.75, 3.05) is 6.61 Å². The fourth-order valence-corrected chi connectivity index (χ4v) is 2.24. The van der Waals surface area contributed by atoms with E-state index < -0.39 is 0 Å². The van der Waals surface area contributed by atoms with E-state index in [1.807, 2.05) is 24.3 Å². The molecule has 0 saturated heterocycles. The molecule has 0 saturated carbocycles. The van der Waals surface area contributed by atoms with Crippen molar-refractivity contribution in [3.05, 3.63) is 48.6 Å². The molecule has 0 aliphatic carbocycles. The summed E-state index contributed by atoms with van der Waals surface area (Å²) in [5.74, 6) is 0.368. The van der Waals surface area contributed by atoms with E-state index in [1.165, 1.54) is 5.56 Å². The van der Waals surface area contributed by atoms with Crippen LogP contribution in [0.1, 0.15) is 46.1 Å². The zero-order valence-corrected chi connectivity index (χ0v) is 14.0. The van der Waals surface area contributed by atoms with Crippen LogP contribution in [-0.4, -0.2) is 18.3 Å². The second kappa shape index (κ2) is 9.01. The zero-order chi connectivity index (χ0) is 15.7. The summed E-state index contributed by atoms with van der Waals surface area (Å²) in [5, 5.41) is 0. The highest BCUT2D eigenvalue weighted by molar-refractivity contribution is 5.13. The molecule has 0 spiro atoms. The SMILES string of the molecule is C=CCC[C@@H](OC(C)(C)C)[C@H](C)COCc1ccccc1. The van der Waals surface area contributed by atoms with Gasteiger partial charge in [-0.25, -0.2) is 0 Å². The van der Waals surface area contributed by atoms with Crippen molar-refractivity contribution in [1.29, 1.82) is 0 Å². The van der Waals surface area contributed by atoms with Crippen LogP contribution in [0.25, 0.3) is 0 Å². The van der Waals surface area contributed by atoms with Gasteiger partial charge >= 0.3 is 0 Å². The molecule has 21 heavy (non-hydrogen) atoms. The summed E-state index contributed by atoms with van der Waals surface area (Å²) >= 11 is 0. The molecule has 0 heterocycles. The van der Waals surface area contributed by atoms with E-state index in [-0.39, 0.29) is 11.7 Å². The number of allylic oxidation sites excluding steroid dienone is 1. The number of hydrogen-bond acceptors (Lipinski definition) is 2. The molecule has 1 aromatic carbocycles. The third-order valence-electron chi connectivity index (χ3n) is 3.29. The minimum Gasteiger partial charge on any atom is -0.376 e. The molecule has 0 bridgehead atoms. The van der Waals surface area contributed by atoms with Gasteiger partial charge in [-0.05, 0) is 39.2 Å². The molecular weight excluding hydrogens is 260 g/mol. The molecule has 0 amide bonds. The van der Waals surface area contributed by atoms with Crippen LogP contribution in [0.3, 0.4) is 0 Å². The first kappa shape index (κ1) is 17.9. The van der Waals surface area contributed by atoms with Crippen LogP contribution in [0.5, 0.6) is 0 Å². The molecule has 2 nitrogen and oxygen atoms in total. The average Bonchev–Trinajstić information content (AvgIpc) is 2.43. The first-order valence-corrected chi connectivity index (χ1v) is 7.83. The Morgan fingerprint density at radius 3 is 2.43 bits per heavy atom. The van der Waals surface area contributed by atoms with Crippen LogP contribution in [-0.2, 0) is 16.1 Å². The van der Waals surface area contributed by atoms with E-state index in [4.69, 9.17) is 9.47 Å². The normalized spacial score (nSPS) is 14.7. The lowest BCUT2D eigenvalue weighted by Crippen LogP contribution is -2.33. The van der Waals surface area contributed by atoms with Gasteiger partial charge in [0.1, 0.15) is 0 Å². The first-order chi connectivity index (χ1) is 9.92. The molecule has 0 unspecified atom stereocenters. The molecule has 1 aromatic rings. The lowest BCUT2D eigenvalue weighted by molar-refractivity contribution is -0.0985. The van der Waals surface area contributed by atoms with Crippen molar-refractivity contribution in [3.63, 3.8) is 0 Å². The van der Waals surface area contributed by atoms with Gasteiger partial charge in [0, 0.05) is 5.92 Å². The fourth-order valence-electron chi connectivity index (χ4n) is 2.24. The number of hydrogen-bond donors (Lipinski definition) is 0. The second-order valence-electron chi connectivity index (χ2n) is 6.61. The van der Waals surface area contributed by atoms with E-state index >= 15 is 0 Å². The van der Waals surface area contributed by atoms with Gasteiger partial charge in [0.25, 0.3) is 0 Å². The molecule has 2 heteroatoms. The molecule has 1 rings (SSSR count). The summed E-state index contributed by atoms with van der Waals surface area (Å²) in [7, 11) is 0. The van der Waals surface area contributed by atoms with Crippen molar-refractivity contribution < 1.29 is 9.47 Å². The third kappa shape index (κ3) is 8.03. The highest BCUT2D eigenvalue weighted by atomic mass is 16.5. The Hall–Kier alpha value is -1.12. The molecule has 0 aliphatic rings. The average molecular weight is 290 g/mol. The molecule has 0 radical (unpaired) electrons. The minimum atomic E-state index is -0.125. The van der Waals surface area contributed by atoms with Gasteiger partial charge in [-0.15, -0.1) is 6.58 Å². The fraction of sp³-hybridized carbons (Fsp3) is 0.579. The molecule has 0 fully saturated rings. The van der Waals surface area contributed by atoms with E-state index in [0.29, 0.717) is 19.1 Å². The Kier molecular flexibility index (Phi) is 7.69. The smallest absolute Gasteiger partial charge is 0.0717 e. The summed E-state index contributed by atoms with van der Waals surface area (Å²) in [4.78, 5) is 0. The summed E-state index contributed by atoms with van der Waals surface area (Å²) in [5.41, 5.74) is 1.09. The van der Waals surface area contributed by atoms with Crippen molar-refractivity contribution in [2.24, 2.45) is 5.92 Å². The highest BCUT2D eigenvalue weighted by Crippen LogP contribution is 2.21. The van der Waals surface area contributed by atoms with Crippen LogP contribution >= 0.6 is 0 Å². The Labute approximate surface area is 130 Å². The highest BCUT2D eigenvalue weighted by Gasteiger charge is 2.23. The predicted octanol–water partition coefficient (Wildman–Crippen LogP) is 4.99. The monoisotopic (exact) mass is 290 g/mol. The molecular formula is C19H30O2. The molecule has 0 aliphatic heterocycles. The Morgan fingerprint density at radius 2 is 1.86 bits per heavy atom. The maximum absolute atomic E-state index is 6.18. The Morgan fingerprint density at radius 1 is 1.19 bits per heavy atom. The molecule has 0 aromatic heterocycles. The summed E-state index contributed by atoms with van der Waals surface area (Å²) < 4.78 is 12.0. The Balaban J connectivity index is 2.43. The number of ether oxygens (including phenoxy) is 2. The zero-order valence-electron chi connectivity index (χ0n) is 14.0. The van der Waals surface area contributed by atoms with Crippen LogP contribution < -0.4 is 0 Å². The van der Waals surface area contributed by atoms with Crippen LogP contribution in [0.4, 0.5) is 0 Å². The summed E-state index contributed by atoms with van der Waals surface area (Å²) in [6, 6.07) is 10.3. The van der Waals surface area contributed by atoms with Crippen molar-refractivity contribution in [2.45, 2.75) is 58.8 Å². The van der Waals surface area contributed by atoms with Gasteiger partial charge in [0.2, 0.25) is 0 Å². The van der Waals surface area contributed by atoms with Crippen molar-refractivity contribution in [3.8, 4) is 0 Å². The number of rotatable bonds is 9. The topological polar surface area (TPSA) is 18.5 Å². The van der Waals surface area contributed by atoms with E-state index in [1.54, 1.807) is 0 Å². The summed E-state index contributed by atoms with van der Waals surface area (Å²) in [6.07, 6.45) is 4.13. The van der Waals surface area contributed by atoms with Gasteiger partial charge in [0.05, 0.1) is 24.9 Å². The van der Waals surface area contributed by atoms with Crippen molar-refractivity contribution >= 4 is 0 Å². The summed E-state index contributed by atoms with van der Waals surface area (Å²) in [6.45, 7) is 13.7. The van der Waals surface area contributed by atoms with Gasteiger partial charge in [-0.2, -0.15) is 0 Å². The molecule has 118 valence electrons. The largest absolute Gasteiger partial charge is 0.376 e. The Bertz CT molecular complexity index is 392. The van der Waals surface area contributed by atoms with E-state index in [0.717, 1.165) is 12.8 Å². The first-order valence-electron chi connectivity index (χ1n) is 7.83. The van der Waals surface area contributed by atoms with Gasteiger partial charge < -0.3 is 9.47 Å². The lowest BCUT2D eigenvalue weighted by Gasteiger charge is -2.31. The van der Waals surface area contributed by atoms with Gasteiger partial charge in [0.15, 0.2) is 0 Å². The van der Waals surface area contributed by atoms with Crippen LogP contribution in [0, 0.1) is 5.92 Å². The lowest BCUT2D eigenvalue weighted by atomic mass is 9.99. The molecule has 0 N–H and O–H groups in total. The number of benzene rings is 1. The van der Waals surface area contributed by atoms with E-state index in [9.17, 15) is 0 Å². The van der Waals surface area contributed by atoms with Crippen LogP contribution in [0.2, 0.25) is 0 Å². The quantitative estimate of drug-likeness (QED) is 0.597.